The summed E-state index contributed by atoms with van der Waals surface area (Å²) < 4.78 is 11.1. The lowest BCUT2D eigenvalue weighted by atomic mass is 9.87. The molecule has 0 saturated carbocycles. The molecule has 1 heterocycles. The van der Waals surface area contributed by atoms with Crippen LogP contribution in [-0.4, -0.2) is 36.0 Å². The van der Waals surface area contributed by atoms with Crippen molar-refractivity contribution in [3.63, 3.8) is 0 Å². The topological polar surface area (TPSA) is 55.8 Å². The number of ether oxygens (including phenoxy) is 2. The number of nitrogens with zero attached hydrogens (tertiary/aromatic N) is 1. The quantitative estimate of drug-likeness (QED) is 0.413. The average Bonchev–Trinajstić information content (AvgIpc) is 2.83. The minimum atomic E-state index is -0.721. The molecule has 0 spiro atoms. The second kappa shape index (κ2) is 9.58. The number of carbonyl (C=O) groups excluding carboxylic acids is 2. The molecule has 31 heavy (non-hydrogen) atoms. The monoisotopic (exact) mass is 415 g/mol. The zero-order valence-electron chi connectivity index (χ0n) is 17.4. The van der Waals surface area contributed by atoms with Crippen LogP contribution in [-0.2, 0) is 32.1 Å². The highest BCUT2D eigenvalue weighted by Crippen LogP contribution is 2.40. The van der Waals surface area contributed by atoms with E-state index >= 15 is 0 Å². The lowest BCUT2D eigenvalue weighted by Crippen LogP contribution is -2.65. The molecule has 1 aliphatic heterocycles. The average molecular weight is 415 g/mol. The van der Waals surface area contributed by atoms with Crippen LogP contribution >= 0.6 is 0 Å². The summed E-state index contributed by atoms with van der Waals surface area (Å²) in [6.45, 7) is 0.329. The number of amides is 1. The molecule has 3 atom stereocenters. The molecule has 3 aromatic rings. The first kappa shape index (κ1) is 20.8. The summed E-state index contributed by atoms with van der Waals surface area (Å²) in [5, 5.41) is 0. The number of esters is 1. The molecule has 3 aromatic carbocycles. The standard InChI is InChI=1S/C26H25NO4/c1-30-26(29)22(17-19-11-5-2-6-12-19)27-23(21-15-9-4-10-16-21)24(25(27)28)31-18-20-13-7-3-8-14-20/h2-16,22-24H,17-18H2,1H3/t22?,23-,24+/m1/s1. The Morgan fingerprint density at radius 2 is 1.42 bits per heavy atom. The molecule has 1 unspecified atom stereocenters. The van der Waals surface area contributed by atoms with Crippen LogP contribution in [0.5, 0.6) is 0 Å². The maximum Gasteiger partial charge on any atom is 0.328 e. The molecule has 0 radical (unpaired) electrons. The smallest absolute Gasteiger partial charge is 0.328 e. The Labute approximate surface area is 182 Å². The number of benzene rings is 3. The van der Waals surface area contributed by atoms with E-state index in [4.69, 9.17) is 9.47 Å². The van der Waals surface area contributed by atoms with Crippen LogP contribution in [0.4, 0.5) is 0 Å². The molecule has 0 N–H and O–H groups in total. The molecule has 158 valence electrons. The molecule has 0 aliphatic carbocycles. The summed E-state index contributed by atoms with van der Waals surface area (Å²) in [6.07, 6.45) is -0.265. The Kier molecular flexibility index (Phi) is 6.43. The lowest BCUT2D eigenvalue weighted by molar-refractivity contribution is -0.188. The maximum absolute atomic E-state index is 13.2. The summed E-state index contributed by atoms with van der Waals surface area (Å²) in [6, 6.07) is 28.0. The maximum atomic E-state index is 13.2. The van der Waals surface area contributed by atoms with E-state index in [1.807, 2.05) is 91.0 Å². The van der Waals surface area contributed by atoms with Crippen molar-refractivity contribution in [1.29, 1.82) is 0 Å². The molecule has 0 bridgehead atoms. The Bertz CT molecular complexity index is 1010. The van der Waals surface area contributed by atoms with Crippen LogP contribution in [0.3, 0.4) is 0 Å². The molecular formula is C26H25NO4. The first-order valence-electron chi connectivity index (χ1n) is 10.3. The van der Waals surface area contributed by atoms with Gasteiger partial charge in [0.15, 0.2) is 6.10 Å². The third kappa shape index (κ3) is 4.52. The predicted molar refractivity (Wildman–Crippen MR) is 117 cm³/mol. The highest BCUT2D eigenvalue weighted by Gasteiger charge is 2.53. The number of methoxy groups -OCH3 is 1. The third-order valence-electron chi connectivity index (χ3n) is 5.58. The van der Waals surface area contributed by atoms with Crippen molar-refractivity contribution in [2.45, 2.75) is 31.2 Å². The van der Waals surface area contributed by atoms with Gasteiger partial charge in [-0.25, -0.2) is 4.79 Å². The zero-order valence-corrected chi connectivity index (χ0v) is 17.4. The fourth-order valence-corrected chi connectivity index (χ4v) is 4.01. The van der Waals surface area contributed by atoms with E-state index < -0.39 is 18.1 Å². The summed E-state index contributed by atoms with van der Waals surface area (Å²) in [7, 11) is 1.35. The summed E-state index contributed by atoms with van der Waals surface area (Å²) >= 11 is 0. The van der Waals surface area contributed by atoms with Gasteiger partial charge in [-0.2, -0.15) is 0 Å². The third-order valence-corrected chi connectivity index (χ3v) is 5.58. The van der Waals surface area contributed by atoms with Gasteiger partial charge in [0.2, 0.25) is 0 Å². The first-order chi connectivity index (χ1) is 15.2. The predicted octanol–water partition coefficient (Wildman–Crippen LogP) is 3.94. The lowest BCUT2D eigenvalue weighted by Gasteiger charge is -2.49. The molecule has 1 fully saturated rings. The van der Waals surface area contributed by atoms with Gasteiger partial charge in [-0.15, -0.1) is 0 Å². The van der Waals surface area contributed by atoms with Gasteiger partial charge in [0.1, 0.15) is 6.04 Å². The largest absolute Gasteiger partial charge is 0.467 e. The van der Waals surface area contributed by atoms with Gasteiger partial charge in [-0.1, -0.05) is 91.0 Å². The van der Waals surface area contributed by atoms with Crippen LogP contribution in [0.1, 0.15) is 22.7 Å². The van der Waals surface area contributed by atoms with Crippen molar-refractivity contribution in [2.24, 2.45) is 0 Å². The van der Waals surface area contributed by atoms with Gasteiger partial charge in [-0.3, -0.25) is 4.79 Å². The van der Waals surface area contributed by atoms with Crippen LogP contribution in [0.25, 0.3) is 0 Å². The highest BCUT2D eigenvalue weighted by atomic mass is 16.5. The molecule has 5 nitrogen and oxygen atoms in total. The molecule has 1 aliphatic rings. The number of rotatable bonds is 8. The van der Waals surface area contributed by atoms with Crippen molar-refractivity contribution in [2.75, 3.05) is 7.11 Å². The number of β-lactam (4-membered cyclic amide) rings is 1. The van der Waals surface area contributed by atoms with Crippen LogP contribution in [0.2, 0.25) is 0 Å². The zero-order chi connectivity index (χ0) is 21.6. The summed E-state index contributed by atoms with van der Waals surface area (Å²) in [5.74, 6) is -0.629. The van der Waals surface area contributed by atoms with E-state index in [9.17, 15) is 9.59 Å². The minimum Gasteiger partial charge on any atom is -0.467 e. The van der Waals surface area contributed by atoms with Gasteiger partial charge >= 0.3 is 5.97 Å². The fraction of sp³-hybridized carbons (Fsp3) is 0.231. The SMILES string of the molecule is COC(=O)C(Cc1ccccc1)N1C(=O)[C@@H](OCc2ccccc2)[C@H]1c1ccccc1. The van der Waals surface area contributed by atoms with E-state index in [1.165, 1.54) is 7.11 Å². The van der Waals surface area contributed by atoms with E-state index in [2.05, 4.69) is 0 Å². The first-order valence-corrected chi connectivity index (χ1v) is 10.3. The molecule has 5 heteroatoms. The molecule has 4 rings (SSSR count). The van der Waals surface area contributed by atoms with E-state index in [0.29, 0.717) is 13.0 Å². The number of hydrogen-bond donors (Lipinski definition) is 0. The number of hydrogen-bond acceptors (Lipinski definition) is 4. The number of carbonyl (C=O) groups is 2. The Morgan fingerprint density at radius 3 is 2.00 bits per heavy atom. The Hall–Kier alpha value is -3.44. The van der Waals surface area contributed by atoms with Crippen molar-refractivity contribution in [3.8, 4) is 0 Å². The highest BCUT2D eigenvalue weighted by molar-refractivity contribution is 5.93. The van der Waals surface area contributed by atoms with Crippen LogP contribution in [0, 0.1) is 0 Å². The van der Waals surface area contributed by atoms with Crippen molar-refractivity contribution < 1.29 is 19.1 Å². The van der Waals surface area contributed by atoms with E-state index in [0.717, 1.165) is 16.7 Å². The Morgan fingerprint density at radius 1 is 0.871 bits per heavy atom. The molecule has 1 amide bonds. The molecule has 0 aromatic heterocycles. The second-order valence-corrected chi connectivity index (χ2v) is 7.55. The van der Waals surface area contributed by atoms with Gasteiger partial charge in [0, 0.05) is 6.42 Å². The summed E-state index contributed by atoms with van der Waals surface area (Å²) in [5.41, 5.74) is 2.89. The van der Waals surface area contributed by atoms with Gasteiger partial charge in [0.25, 0.3) is 5.91 Å². The van der Waals surface area contributed by atoms with Gasteiger partial charge in [-0.05, 0) is 16.7 Å². The molecule has 1 saturated heterocycles. The second-order valence-electron chi connectivity index (χ2n) is 7.55. The number of likely N-dealkylation sites (tertiary alicyclic amines) is 1. The van der Waals surface area contributed by atoms with E-state index in [1.54, 1.807) is 4.90 Å². The van der Waals surface area contributed by atoms with Crippen molar-refractivity contribution >= 4 is 11.9 Å². The minimum absolute atomic E-state index is 0.198. The molecular weight excluding hydrogens is 390 g/mol. The van der Waals surface area contributed by atoms with Crippen molar-refractivity contribution in [1.82, 2.24) is 4.90 Å². The van der Waals surface area contributed by atoms with Crippen LogP contribution in [0.15, 0.2) is 91.0 Å². The fourth-order valence-electron chi connectivity index (χ4n) is 4.01. The van der Waals surface area contributed by atoms with E-state index in [-0.39, 0.29) is 11.9 Å². The van der Waals surface area contributed by atoms with Gasteiger partial charge in [0.05, 0.1) is 19.8 Å². The summed E-state index contributed by atoms with van der Waals surface area (Å²) in [4.78, 5) is 27.5. The van der Waals surface area contributed by atoms with Gasteiger partial charge < -0.3 is 14.4 Å². The van der Waals surface area contributed by atoms with Crippen molar-refractivity contribution in [3.05, 3.63) is 108 Å². The van der Waals surface area contributed by atoms with Crippen LogP contribution < -0.4 is 0 Å². The normalized spacial score (nSPS) is 18.9. The Balaban J connectivity index is 1.61.